The van der Waals surface area contributed by atoms with E-state index in [0.29, 0.717) is 4.47 Å². The number of benzene rings is 1. The molecule has 0 saturated heterocycles. The van der Waals surface area contributed by atoms with Crippen LogP contribution in [0.1, 0.15) is 20.3 Å². The van der Waals surface area contributed by atoms with Gasteiger partial charge in [0.2, 0.25) is 0 Å². The van der Waals surface area contributed by atoms with Gasteiger partial charge in [-0.05, 0) is 41.4 Å². The van der Waals surface area contributed by atoms with Gasteiger partial charge in [-0.1, -0.05) is 13.0 Å². The Morgan fingerprint density at radius 2 is 2.11 bits per heavy atom. The highest BCUT2D eigenvalue weighted by molar-refractivity contribution is 9.10. The molecule has 7 heteroatoms. The Bertz CT molecular complexity index is 489. The molecule has 1 aromatic carbocycles. The van der Waals surface area contributed by atoms with Crippen LogP contribution in [0.2, 0.25) is 0 Å². The van der Waals surface area contributed by atoms with E-state index >= 15 is 0 Å². The second kappa shape index (κ2) is 6.01. The molecule has 1 atom stereocenters. The molecular weight excluding hydrogens is 319 g/mol. The highest BCUT2D eigenvalue weighted by atomic mass is 79.9. The number of halogens is 2. The molecule has 0 spiro atoms. The highest BCUT2D eigenvalue weighted by Crippen LogP contribution is 2.25. The van der Waals surface area contributed by atoms with Gasteiger partial charge in [0.25, 0.3) is 0 Å². The van der Waals surface area contributed by atoms with E-state index < -0.39 is 23.4 Å². The Kier molecular flexibility index (Phi) is 4.88. The number of nitrogens with one attached hydrogen (secondary N) is 2. The zero-order valence-corrected chi connectivity index (χ0v) is 12.0. The normalized spacial score (nSPS) is 13.5. The van der Waals surface area contributed by atoms with E-state index in [1.165, 1.54) is 19.1 Å². The molecule has 0 saturated carbocycles. The van der Waals surface area contributed by atoms with Crippen LogP contribution in [0.25, 0.3) is 0 Å². The van der Waals surface area contributed by atoms with Crippen LogP contribution in [0.15, 0.2) is 22.7 Å². The van der Waals surface area contributed by atoms with Crippen LogP contribution in [-0.2, 0) is 4.79 Å². The minimum Gasteiger partial charge on any atom is -0.480 e. The number of para-hydroxylation sites is 1. The number of carboxylic acid groups (broad SMARTS) is 1. The SMILES string of the molecule is CCC(C)(NC(=O)Nc1c(F)cccc1Br)C(=O)O. The van der Waals surface area contributed by atoms with Gasteiger partial charge >= 0.3 is 12.0 Å². The van der Waals surface area contributed by atoms with Gasteiger partial charge in [-0.2, -0.15) is 0 Å². The van der Waals surface area contributed by atoms with Crippen molar-refractivity contribution in [2.24, 2.45) is 0 Å². The van der Waals surface area contributed by atoms with Gasteiger partial charge < -0.3 is 15.7 Å². The summed E-state index contributed by atoms with van der Waals surface area (Å²) in [7, 11) is 0. The zero-order valence-electron chi connectivity index (χ0n) is 10.5. The highest BCUT2D eigenvalue weighted by Gasteiger charge is 2.33. The third-order valence-corrected chi connectivity index (χ3v) is 3.43. The lowest BCUT2D eigenvalue weighted by atomic mass is 10.00. The first-order valence-corrected chi connectivity index (χ1v) is 6.36. The number of carboxylic acids is 1. The molecule has 0 aromatic heterocycles. The number of carbonyl (C=O) groups is 2. The monoisotopic (exact) mass is 332 g/mol. The number of carbonyl (C=O) groups excluding carboxylic acids is 1. The third kappa shape index (κ3) is 3.66. The number of amides is 2. The number of rotatable bonds is 4. The van der Waals surface area contributed by atoms with Crippen LogP contribution in [0.5, 0.6) is 0 Å². The molecule has 0 radical (unpaired) electrons. The molecule has 0 bridgehead atoms. The maximum absolute atomic E-state index is 13.5. The molecule has 1 unspecified atom stereocenters. The van der Waals surface area contributed by atoms with Crippen molar-refractivity contribution in [3.8, 4) is 0 Å². The van der Waals surface area contributed by atoms with Crippen molar-refractivity contribution in [2.45, 2.75) is 25.8 Å². The largest absolute Gasteiger partial charge is 0.480 e. The Hall–Kier alpha value is -1.63. The van der Waals surface area contributed by atoms with E-state index in [4.69, 9.17) is 5.11 Å². The summed E-state index contributed by atoms with van der Waals surface area (Å²) in [6, 6.07) is 3.46. The van der Waals surface area contributed by atoms with Crippen LogP contribution in [0.3, 0.4) is 0 Å². The summed E-state index contributed by atoms with van der Waals surface area (Å²) in [5.41, 5.74) is -1.44. The number of hydrogen-bond donors (Lipinski definition) is 3. The molecule has 0 aliphatic heterocycles. The Balaban J connectivity index is 2.84. The lowest BCUT2D eigenvalue weighted by molar-refractivity contribution is -0.143. The van der Waals surface area contributed by atoms with E-state index in [-0.39, 0.29) is 12.1 Å². The molecule has 2 amide bonds. The smallest absolute Gasteiger partial charge is 0.329 e. The first-order valence-electron chi connectivity index (χ1n) is 5.56. The lowest BCUT2D eigenvalue weighted by Crippen LogP contribution is -2.53. The standard InChI is InChI=1S/C12H14BrFN2O3/c1-3-12(2,10(17)18)16-11(19)15-9-7(13)5-4-6-8(9)14/h4-6H,3H2,1-2H3,(H,17,18)(H2,15,16,19). The minimum atomic E-state index is -1.40. The van der Waals surface area contributed by atoms with Gasteiger partial charge in [0, 0.05) is 4.47 Å². The second-order valence-electron chi connectivity index (χ2n) is 4.17. The fraction of sp³-hybridized carbons (Fsp3) is 0.333. The second-order valence-corrected chi connectivity index (χ2v) is 5.02. The summed E-state index contributed by atoms with van der Waals surface area (Å²) in [5, 5.41) is 13.6. The topological polar surface area (TPSA) is 78.4 Å². The Labute approximate surface area is 118 Å². The predicted octanol–water partition coefficient (Wildman–Crippen LogP) is 2.96. The molecule has 0 aliphatic carbocycles. The van der Waals surface area contributed by atoms with Crippen molar-refractivity contribution in [2.75, 3.05) is 5.32 Å². The fourth-order valence-corrected chi connectivity index (χ4v) is 1.75. The number of anilines is 1. The Morgan fingerprint density at radius 3 is 2.58 bits per heavy atom. The maximum atomic E-state index is 13.5. The summed E-state index contributed by atoms with van der Waals surface area (Å²) >= 11 is 3.10. The van der Waals surface area contributed by atoms with E-state index in [9.17, 15) is 14.0 Å². The average Bonchev–Trinajstić information content (AvgIpc) is 2.33. The van der Waals surface area contributed by atoms with E-state index in [2.05, 4.69) is 26.6 Å². The predicted molar refractivity (Wildman–Crippen MR) is 72.6 cm³/mol. The maximum Gasteiger partial charge on any atom is 0.329 e. The van der Waals surface area contributed by atoms with Crippen LogP contribution < -0.4 is 10.6 Å². The Morgan fingerprint density at radius 1 is 1.47 bits per heavy atom. The molecule has 0 fully saturated rings. The van der Waals surface area contributed by atoms with Crippen molar-refractivity contribution in [3.63, 3.8) is 0 Å². The molecule has 19 heavy (non-hydrogen) atoms. The number of hydrogen-bond acceptors (Lipinski definition) is 2. The van der Waals surface area contributed by atoms with Crippen molar-refractivity contribution in [1.29, 1.82) is 0 Å². The van der Waals surface area contributed by atoms with Crippen molar-refractivity contribution >= 4 is 33.6 Å². The van der Waals surface area contributed by atoms with Crippen LogP contribution in [0, 0.1) is 5.82 Å². The number of aliphatic carboxylic acids is 1. The van der Waals surface area contributed by atoms with Gasteiger partial charge in [0.15, 0.2) is 0 Å². The first-order chi connectivity index (χ1) is 8.80. The molecule has 1 aromatic rings. The van der Waals surface area contributed by atoms with Gasteiger partial charge in [-0.15, -0.1) is 0 Å². The molecule has 1 rings (SSSR count). The lowest BCUT2D eigenvalue weighted by Gasteiger charge is -2.24. The van der Waals surface area contributed by atoms with Crippen LogP contribution >= 0.6 is 15.9 Å². The van der Waals surface area contributed by atoms with Gasteiger partial charge in [-0.25, -0.2) is 14.0 Å². The van der Waals surface area contributed by atoms with E-state index in [1.807, 2.05) is 0 Å². The molecule has 0 heterocycles. The van der Waals surface area contributed by atoms with Crippen molar-refractivity contribution in [3.05, 3.63) is 28.5 Å². The van der Waals surface area contributed by atoms with Crippen LogP contribution in [-0.4, -0.2) is 22.6 Å². The van der Waals surface area contributed by atoms with Crippen molar-refractivity contribution in [1.82, 2.24) is 5.32 Å². The molecular formula is C12H14BrFN2O3. The first kappa shape index (κ1) is 15.4. The summed E-state index contributed by atoms with van der Waals surface area (Å²) in [4.78, 5) is 22.8. The molecule has 5 nitrogen and oxygen atoms in total. The third-order valence-electron chi connectivity index (χ3n) is 2.77. The quantitative estimate of drug-likeness (QED) is 0.793. The summed E-state index contributed by atoms with van der Waals surface area (Å²) in [5.74, 6) is -1.77. The fourth-order valence-electron chi connectivity index (χ4n) is 1.31. The van der Waals surface area contributed by atoms with E-state index in [0.717, 1.165) is 0 Å². The zero-order chi connectivity index (χ0) is 14.6. The van der Waals surface area contributed by atoms with Crippen LogP contribution in [0.4, 0.5) is 14.9 Å². The average molecular weight is 333 g/mol. The number of urea groups is 1. The summed E-state index contributed by atoms with van der Waals surface area (Å²) < 4.78 is 13.9. The van der Waals surface area contributed by atoms with Gasteiger partial charge in [0.05, 0.1) is 5.69 Å². The van der Waals surface area contributed by atoms with Gasteiger partial charge in [-0.3, -0.25) is 0 Å². The summed E-state index contributed by atoms with van der Waals surface area (Å²) in [6.07, 6.45) is 0.203. The summed E-state index contributed by atoms with van der Waals surface area (Å²) in [6.45, 7) is 3.01. The minimum absolute atomic E-state index is 0.0381. The van der Waals surface area contributed by atoms with Crippen molar-refractivity contribution < 1.29 is 19.1 Å². The van der Waals surface area contributed by atoms with Gasteiger partial charge in [0.1, 0.15) is 11.4 Å². The van der Waals surface area contributed by atoms with E-state index in [1.54, 1.807) is 13.0 Å². The molecule has 3 N–H and O–H groups in total. The molecule has 104 valence electrons. The molecule has 0 aliphatic rings.